The van der Waals surface area contributed by atoms with Gasteiger partial charge in [0, 0.05) is 44.0 Å². The van der Waals surface area contributed by atoms with Gasteiger partial charge in [-0.2, -0.15) is 4.52 Å². The maximum Gasteiger partial charge on any atom is 0.321 e. The van der Waals surface area contributed by atoms with Gasteiger partial charge in [-0.05, 0) is 24.3 Å². The van der Waals surface area contributed by atoms with Crippen LogP contribution in [0.15, 0.2) is 51.9 Å². The summed E-state index contributed by atoms with van der Waals surface area (Å²) in [6, 6.07) is 10.1. The summed E-state index contributed by atoms with van der Waals surface area (Å²) in [6.45, 7) is 2.29. The fraction of sp³-hybridized carbons (Fsp3) is 0.238. The molecular weight excluding hydrogens is 448 g/mol. The van der Waals surface area contributed by atoms with Crippen molar-refractivity contribution in [2.75, 3.05) is 43.2 Å². The smallest absolute Gasteiger partial charge is 0.321 e. The van der Waals surface area contributed by atoms with Crippen molar-refractivity contribution >= 4 is 33.8 Å². The molecule has 1 N–H and O–H groups in total. The van der Waals surface area contributed by atoms with Gasteiger partial charge in [0.1, 0.15) is 5.82 Å². The first-order chi connectivity index (χ1) is 16.1. The summed E-state index contributed by atoms with van der Waals surface area (Å²) in [6.07, 6.45) is 1.56. The number of carbonyl (C=O) groups is 1. The van der Waals surface area contributed by atoms with Gasteiger partial charge in [-0.1, -0.05) is 11.3 Å². The fourth-order valence-electron chi connectivity index (χ4n) is 3.78. The zero-order chi connectivity index (χ0) is 22.4. The number of fused-ring (bicyclic) bond motifs is 2. The van der Waals surface area contributed by atoms with Crippen LogP contribution in [-0.2, 0) is 0 Å². The van der Waals surface area contributed by atoms with Crippen molar-refractivity contribution in [3.05, 3.63) is 53.0 Å². The number of rotatable bonds is 3. The molecule has 1 saturated heterocycles. The van der Waals surface area contributed by atoms with Crippen molar-refractivity contribution in [3.8, 4) is 22.3 Å². The Kier molecular flexibility index (Phi) is 4.64. The maximum absolute atomic E-state index is 12.7. The van der Waals surface area contributed by atoms with Gasteiger partial charge in [0.25, 0.3) is 5.56 Å². The maximum atomic E-state index is 12.7. The molecule has 0 unspecified atom stereocenters. The molecule has 3 aromatic heterocycles. The lowest BCUT2D eigenvalue weighted by Crippen LogP contribution is -2.50. The predicted octanol–water partition coefficient (Wildman–Crippen LogP) is 2.49. The van der Waals surface area contributed by atoms with Crippen LogP contribution in [0.2, 0.25) is 0 Å². The van der Waals surface area contributed by atoms with Crippen LogP contribution in [0.4, 0.5) is 16.3 Å². The molecule has 168 valence electrons. The molecule has 0 bridgehead atoms. The fourth-order valence-corrected chi connectivity index (χ4v) is 4.65. The van der Waals surface area contributed by atoms with Crippen LogP contribution in [-0.4, -0.2) is 58.5 Å². The van der Waals surface area contributed by atoms with Crippen LogP contribution in [0.25, 0.3) is 15.7 Å². The lowest BCUT2D eigenvalue weighted by atomic mass is 10.2. The molecule has 0 radical (unpaired) electrons. The Morgan fingerprint density at radius 2 is 1.91 bits per heavy atom. The van der Waals surface area contributed by atoms with Crippen molar-refractivity contribution in [1.29, 1.82) is 0 Å². The van der Waals surface area contributed by atoms with E-state index < -0.39 is 0 Å². The van der Waals surface area contributed by atoms with E-state index >= 15 is 0 Å². The average Bonchev–Trinajstić information content (AvgIpc) is 3.59. The van der Waals surface area contributed by atoms with Gasteiger partial charge in [-0.3, -0.25) is 4.79 Å². The Balaban J connectivity index is 1.14. The van der Waals surface area contributed by atoms with Crippen molar-refractivity contribution in [3.63, 3.8) is 0 Å². The monoisotopic (exact) mass is 466 g/mol. The number of anilines is 2. The largest absolute Gasteiger partial charge is 0.462 e. The molecular formula is C21H18N6O5S. The Hall–Kier alpha value is -4.06. The highest BCUT2D eigenvalue weighted by molar-refractivity contribution is 7.19. The molecule has 2 amide bonds. The Labute approximate surface area is 190 Å². The van der Waals surface area contributed by atoms with Gasteiger partial charge in [0.2, 0.25) is 11.8 Å². The lowest BCUT2D eigenvalue weighted by molar-refractivity contribution is 0.174. The van der Waals surface area contributed by atoms with Gasteiger partial charge in [0.05, 0.1) is 6.26 Å². The second-order valence-electron chi connectivity index (χ2n) is 7.50. The van der Waals surface area contributed by atoms with Gasteiger partial charge < -0.3 is 29.0 Å². The zero-order valence-electron chi connectivity index (χ0n) is 17.3. The number of hydrogen-bond acceptors (Lipinski definition) is 9. The summed E-state index contributed by atoms with van der Waals surface area (Å²) in [5, 5.41) is 7.79. The number of hydrogen-bond donors (Lipinski definition) is 1. The van der Waals surface area contributed by atoms with E-state index in [2.05, 4.69) is 15.4 Å². The standard InChI is InChI=1S/C21H18N6O5S/c28-18-11-17(23-21-27(18)24-19(33-21)15-2-1-9-30-15)25-5-7-26(8-6-25)20(29)22-13-3-4-14-16(10-13)32-12-31-14/h1-4,9-11H,5-8,12H2,(H,22,29). The van der Waals surface area contributed by atoms with E-state index in [9.17, 15) is 9.59 Å². The normalized spacial score (nSPS) is 15.3. The molecule has 2 aliphatic heterocycles. The van der Waals surface area contributed by atoms with Gasteiger partial charge >= 0.3 is 6.03 Å². The SMILES string of the molecule is O=C(Nc1ccc2c(c1)OCO2)N1CCN(c2cc(=O)n3nc(-c4ccco4)sc3n2)CC1. The first-order valence-corrected chi connectivity index (χ1v) is 11.1. The van der Waals surface area contributed by atoms with Crippen LogP contribution in [0, 0.1) is 0 Å². The Bertz CT molecular complexity index is 1390. The molecule has 0 spiro atoms. The highest BCUT2D eigenvalue weighted by atomic mass is 32.1. The molecule has 1 fully saturated rings. The number of piperazine rings is 1. The second-order valence-corrected chi connectivity index (χ2v) is 8.46. The van der Waals surface area contributed by atoms with E-state index in [1.807, 2.05) is 4.90 Å². The number of furan rings is 1. The summed E-state index contributed by atoms with van der Waals surface area (Å²) >= 11 is 1.29. The molecule has 12 heteroatoms. The van der Waals surface area contributed by atoms with E-state index in [1.165, 1.54) is 21.9 Å². The number of carbonyl (C=O) groups excluding carboxylic acids is 1. The summed E-state index contributed by atoms with van der Waals surface area (Å²) in [5.74, 6) is 2.45. The minimum absolute atomic E-state index is 0.184. The zero-order valence-corrected chi connectivity index (χ0v) is 18.1. The molecule has 11 nitrogen and oxygen atoms in total. The first-order valence-electron chi connectivity index (χ1n) is 10.3. The summed E-state index contributed by atoms with van der Waals surface area (Å²) in [7, 11) is 0. The van der Waals surface area contributed by atoms with E-state index in [0.29, 0.717) is 64.9 Å². The van der Waals surface area contributed by atoms with Gasteiger partial charge in [-0.25, -0.2) is 9.78 Å². The molecule has 1 aromatic carbocycles. The number of benzene rings is 1. The molecule has 5 heterocycles. The third-order valence-electron chi connectivity index (χ3n) is 5.48. The number of nitrogens with one attached hydrogen (secondary N) is 1. The van der Waals surface area contributed by atoms with E-state index in [-0.39, 0.29) is 18.4 Å². The van der Waals surface area contributed by atoms with Gasteiger partial charge in [-0.15, -0.1) is 5.10 Å². The third-order valence-corrected chi connectivity index (χ3v) is 6.40. The van der Waals surface area contributed by atoms with Crippen molar-refractivity contribution in [2.45, 2.75) is 0 Å². The summed E-state index contributed by atoms with van der Waals surface area (Å²) in [4.78, 5) is 34.1. The molecule has 33 heavy (non-hydrogen) atoms. The van der Waals surface area contributed by atoms with Crippen molar-refractivity contribution in [1.82, 2.24) is 19.5 Å². The number of urea groups is 1. The van der Waals surface area contributed by atoms with E-state index in [1.54, 1.807) is 41.5 Å². The number of amides is 2. The molecule has 2 aliphatic rings. The quantitative estimate of drug-likeness (QED) is 0.490. The highest BCUT2D eigenvalue weighted by Crippen LogP contribution is 2.34. The summed E-state index contributed by atoms with van der Waals surface area (Å²) in [5.41, 5.74) is 0.386. The van der Waals surface area contributed by atoms with Crippen LogP contribution in [0.1, 0.15) is 0 Å². The van der Waals surface area contributed by atoms with Crippen molar-refractivity contribution in [2.24, 2.45) is 0 Å². The molecule has 0 aliphatic carbocycles. The number of ether oxygens (including phenoxy) is 2. The molecule has 0 saturated carbocycles. The number of aromatic nitrogens is 3. The van der Waals surface area contributed by atoms with Crippen LogP contribution in [0.5, 0.6) is 11.5 Å². The lowest BCUT2D eigenvalue weighted by Gasteiger charge is -2.35. The minimum Gasteiger partial charge on any atom is -0.462 e. The van der Waals surface area contributed by atoms with Crippen LogP contribution in [0.3, 0.4) is 0 Å². The molecule has 4 aromatic rings. The van der Waals surface area contributed by atoms with Gasteiger partial charge in [0.15, 0.2) is 22.3 Å². The third kappa shape index (κ3) is 3.63. The van der Waals surface area contributed by atoms with Crippen molar-refractivity contribution < 1.29 is 18.7 Å². The van der Waals surface area contributed by atoms with E-state index in [4.69, 9.17) is 13.9 Å². The number of nitrogens with zero attached hydrogens (tertiary/aromatic N) is 5. The van der Waals surface area contributed by atoms with Crippen LogP contribution < -0.4 is 25.2 Å². The molecule has 6 rings (SSSR count). The highest BCUT2D eigenvalue weighted by Gasteiger charge is 2.24. The first kappa shape index (κ1) is 19.6. The predicted molar refractivity (Wildman–Crippen MR) is 120 cm³/mol. The Morgan fingerprint density at radius 3 is 2.73 bits per heavy atom. The Morgan fingerprint density at radius 1 is 1.06 bits per heavy atom. The van der Waals surface area contributed by atoms with E-state index in [0.717, 1.165) is 0 Å². The average molecular weight is 466 g/mol. The minimum atomic E-state index is -0.257. The second kappa shape index (κ2) is 7.81. The topological polar surface area (TPSA) is 114 Å². The molecule has 0 atom stereocenters. The van der Waals surface area contributed by atoms with Crippen LogP contribution >= 0.6 is 11.3 Å². The summed E-state index contributed by atoms with van der Waals surface area (Å²) < 4.78 is 17.3.